The van der Waals surface area contributed by atoms with E-state index in [1.54, 1.807) is 7.05 Å². The molecule has 24 heavy (non-hydrogen) atoms. The Morgan fingerprint density at radius 3 is 2.88 bits per heavy atom. The molecule has 2 aromatic rings. The third-order valence-corrected chi connectivity index (χ3v) is 3.74. The first-order chi connectivity index (χ1) is 11.6. The zero-order chi connectivity index (χ0) is 17.4. The van der Waals surface area contributed by atoms with Gasteiger partial charge in [-0.3, -0.25) is 10.3 Å². The van der Waals surface area contributed by atoms with Gasteiger partial charge in [-0.1, -0.05) is 12.1 Å². The van der Waals surface area contributed by atoms with Gasteiger partial charge in [-0.25, -0.2) is 0 Å². The predicted molar refractivity (Wildman–Crippen MR) is 96.7 cm³/mol. The molecule has 128 valence electrons. The van der Waals surface area contributed by atoms with Gasteiger partial charge in [0.05, 0.1) is 6.26 Å². The number of hydrogen-bond acceptors (Lipinski definition) is 4. The van der Waals surface area contributed by atoms with Crippen molar-refractivity contribution in [2.75, 3.05) is 27.7 Å². The van der Waals surface area contributed by atoms with Crippen LogP contribution in [0.2, 0.25) is 0 Å². The minimum Gasteiger partial charge on any atom is -0.468 e. The van der Waals surface area contributed by atoms with E-state index in [4.69, 9.17) is 9.68 Å². The number of guanidine groups is 1. The van der Waals surface area contributed by atoms with Crippen molar-refractivity contribution in [1.29, 1.82) is 5.26 Å². The van der Waals surface area contributed by atoms with Gasteiger partial charge < -0.3 is 14.6 Å². The number of rotatable bonds is 7. The van der Waals surface area contributed by atoms with Crippen molar-refractivity contribution in [1.82, 2.24) is 15.5 Å². The van der Waals surface area contributed by atoms with Gasteiger partial charge in [-0.15, -0.1) is 0 Å². The Morgan fingerprint density at radius 1 is 1.33 bits per heavy atom. The summed E-state index contributed by atoms with van der Waals surface area (Å²) in [6, 6.07) is 6.50. The molecular weight excluding hydrogens is 302 g/mol. The Hall–Kier alpha value is -2.52. The van der Waals surface area contributed by atoms with Crippen LogP contribution in [0.5, 0.6) is 0 Å². The quantitative estimate of drug-likeness (QED) is 0.269. The monoisotopic (exact) mass is 327 g/mol. The fraction of sp³-hybridized carbons (Fsp3) is 0.444. The lowest BCUT2D eigenvalue weighted by Crippen LogP contribution is -2.31. The maximum Gasteiger partial charge on any atom is 0.204 e. The molecule has 1 heterocycles. The maximum absolute atomic E-state index is 8.58. The molecule has 0 fully saturated rings. The zero-order valence-electron chi connectivity index (χ0n) is 14.6. The molecular formula is C18H25N5O. The summed E-state index contributed by atoms with van der Waals surface area (Å²) in [5, 5.41) is 16.3. The summed E-state index contributed by atoms with van der Waals surface area (Å²) in [6.07, 6.45) is 6.52. The normalized spacial score (nSPS) is 11.7. The number of benzene rings is 1. The van der Waals surface area contributed by atoms with Crippen molar-refractivity contribution >= 4 is 16.7 Å². The van der Waals surface area contributed by atoms with Crippen molar-refractivity contribution in [3.05, 3.63) is 35.8 Å². The molecule has 0 amide bonds. The Bertz CT molecular complexity index is 727. The summed E-state index contributed by atoms with van der Waals surface area (Å²) in [5.41, 5.74) is 1.29. The Labute approximate surface area is 143 Å². The molecule has 2 N–H and O–H groups in total. The standard InChI is InChI=1S/C18H25N5O/c1-20-18(22-13-19)21-9-5-4-6-17-16-10-14(11-23(2)3)7-8-15(16)12-24-17/h7-8,10,12H,4-6,9,11H2,1-3H3,(H2,20,21,22). The van der Waals surface area contributed by atoms with Gasteiger partial charge in [0.15, 0.2) is 6.19 Å². The molecule has 1 aromatic carbocycles. The number of aliphatic imine (C=N–C) groups is 1. The lowest BCUT2D eigenvalue weighted by Gasteiger charge is -2.09. The van der Waals surface area contributed by atoms with Crippen LogP contribution in [0.25, 0.3) is 10.8 Å². The summed E-state index contributed by atoms with van der Waals surface area (Å²) < 4.78 is 5.75. The molecule has 0 saturated carbocycles. The Kier molecular flexibility index (Phi) is 6.64. The van der Waals surface area contributed by atoms with Crippen LogP contribution in [0.3, 0.4) is 0 Å². The number of nitriles is 1. The molecule has 0 saturated heterocycles. The zero-order valence-corrected chi connectivity index (χ0v) is 14.6. The first-order valence-corrected chi connectivity index (χ1v) is 8.15. The fourth-order valence-electron chi connectivity index (χ4n) is 2.63. The molecule has 6 nitrogen and oxygen atoms in total. The SMILES string of the molecule is CNC(=NCCCCc1occ2ccc(CN(C)C)cc12)NC#N. The third-order valence-electron chi connectivity index (χ3n) is 3.74. The van der Waals surface area contributed by atoms with E-state index in [-0.39, 0.29) is 0 Å². The lowest BCUT2D eigenvalue weighted by molar-refractivity contribution is 0.402. The molecule has 0 aliphatic carbocycles. The van der Waals surface area contributed by atoms with Gasteiger partial charge in [0.25, 0.3) is 0 Å². The van der Waals surface area contributed by atoms with Crippen molar-refractivity contribution in [2.24, 2.45) is 4.99 Å². The van der Waals surface area contributed by atoms with Crippen molar-refractivity contribution in [3.63, 3.8) is 0 Å². The first-order valence-electron chi connectivity index (χ1n) is 8.15. The second-order valence-corrected chi connectivity index (χ2v) is 5.99. The van der Waals surface area contributed by atoms with Crippen LogP contribution >= 0.6 is 0 Å². The van der Waals surface area contributed by atoms with Gasteiger partial charge in [-0.05, 0) is 38.6 Å². The van der Waals surface area contributed by atoms with Gasteiger partial charge in [0.1, 0.15) is 5.76 Å². The van der Waals surface area contributed by atoms with Crippen molar-refractivity contribution < 1.29 is 4.42 Å². The molecule has 0 aliphatic rings. The van der Waals surface area contributed by atoms with Crippen LogP contribution in [0.1, 0.15) is 24.2 Å². The van der Waals surface area contributed by atoms with E-state index in [1.165, 1.54) is 10.9 Å². The highest BCUT2D eigenvalue weighted by Crippen LogP contribution is 2.24. The second-order valence-electron chi connectivity index (χ2n) is 5.99. The highest BCUT2D eigenvalue weighted by Gasteiger charge is 2.07. The topological polar surface area (TPSA) is 76.6 Å². The highest BCUT2D eigenvalue weighted by atomic mass is 16.3. The van der Waals surface area contributed by atoms with Crippen LogP contribution in [0.15, 0.2) is 33.9 Å². The molecule has 1 aromatic heterocycles. The largest absolute Gasteiger partial charge is 0.468 e. The lowest BCUT2D eigenvalue weighted by atomic mass is 10.1. The summed E-state index contributed by atoms with van der Waals surface area (Å²) in [4.78, 5) is 6.46. The summed E-state index contributed by atoms with van der Waals surface area (Å²) in [6.45, 7) is 1.60. The maximum atomic E-state index is 8.58. The number of nitrogens with one attached hydrogen (secondary N) is 2. The highest BCUT2D eigenvalue weighted by molar-refractivity contribution is 5.84. The number of nitrogens with zero attached hydrogens (tertiary/aromatic N) is 3. The minimum atomic E-state index is 0.509. The predicted octanol–water partition coefficient (Wildman–Crippen LogP) is 2.46. The summed E-state index contributed by atoms with van der Waals surface area (Å²) in [5.74, 6) is 1.55. The Morgan fingerprint density at radius 2 is 2.17 bits per heavy atom. The van der Waals surface area contributed by atoms with Crippen LogP contribution in [-0.4, -0.2) is 38.5 Å². The van der Waals surface area contributed by atoms with E-state index in [9.17, 15) is 0 Å². The van der Waals surface area contributed by atoms with Crippen LogP contribution < -0.4 is 10.6 Å². The smallest absolute Gasteiger partial charge is 0.204 e. The van der Waals surface area contributed by atoms with Gasteiger partial charge in [0.2, 0.25) is 5.96 Å². The summed E-state index contributed by atoms with van der Waals surface area (Å²) in [7, 11) is 5.88. The number of aryl methyl sites for hydroxylation is 1. The minimum absolute atomic E-state index is 0.509. The average molecular weight is 327 g/mol. The fourth-order valence-corrected chi connectivity index (χ4v) is 2.63. The van der Waals surface area contributed by atoms with E-state index in [1.807, 2.05) is 12.5 Å². The van der Waals surface area contributed by atoms with Crippen molar-refractivity contribution in [2.45, 2.75) is 25.8 Å². The number of hydrogen-bond donors (Lipinski definition) is 2. The van der Waals surface area contributed by atoms with E-state index in [0.717, 1.165) is 37.0 Å². The first kappa shape index (κ1) is 17.8. The second kappa shape index (κ2) is 8.94. The van der Waals surface area contributed by atoms with Crippen LogP contribution in [0.4, 0.5) is 0 Å². The molecule has 0 unspecified atom stereocenters. The molecule has 0 aliphatic heterocycles. The molecule has 0 radical (unpaired) electrons. The van der Waals surface area contributed by atoms with Gasteiger partial charge >= 0.3 is 0 Å². The van der Waals surface area contributed by atoms with Gasteiger partial charge in [0, 0.05) is 37.3 Å². The van der Waals surface area contributed by atoms with E-state index in [2.05, 4.69) is 52.8 Å². The molecule has 0 bridgehead atoms. The number of furan rings is 1. The average Bonchev–Trinajstić information content (AvgIpc) is 2.95. The van der Waals surface area contributed by atoms with E-state index < -0.39 is 0 Å². The Balaban J connectivity index is 1.92. The number of fused-ring (bicyclic) bond motifs is 1. The molecule has 6 heteroatoms. The van der Waals surface area contributed by atoms with E-state index >= 15 is 0 Å². The summed E-state index contributed by atoms with van der Waals surface area (Å²) >= 11 is 0. The third kappa shape index (κ3) is 5.00. The van der Waals surface area contributed by atoms with Crippen LogP contribution in [0, 0.1) is 11.5 Å². The van der Waals surface area contributed by atoms with Crippen LogP contribution in [-0.2, 0) is 13.0 Å². The van der Waals surface area contributed by atoms with Gasteiger partial charge in [-0.2, -0.15) is 5.26 Å². The number of unbranched alkanes of at least 4 members (excludes halogenated alkanes) is 1. The van der Waals surface area contributed by atoms with Crippen molar-refractivity contribution in [3.8, 4) is 6.19 Å². The molecule has 0 spiro atoms. The van der Waals surface area contributed by atoms with E-state index in [0.29, 0.717) is 12.5 Å². The molecule has 0 atom stereocenters. The molecule has 2 rings (SSSR count).